The lowest BCUT2D eigenvalue weighted by molar-refractivity contribution is 0.0696. The standard InChI is InChI=1S/C8H7ClO3S/c1-13(12)7-3-5(8(10)11)2-6(9)4-7/h2-4H,1H3,(H,10,11). The van der Waals surface area contributed by atoms with Crippen LogP contribution in [0.5, 0.6) is 0 Å². The molecule has 0 saturated carbocycles. The van der Waals surface area contributed by atoms with Crippen molar-refractivity contribution in [1.29, 1.82) is 0 Å². The number of aromatic carboxylic acids is 1. The average Bonchev–Trinajstić information content (AvgIpc) is 2.03. The van der Waals surface area contributed by atoms with Gasteiger partial charge in [0.1, 0.15) is 0 Å². The van der Waals surface area contributed by atoms with Gasteiger partial charge in [0.15, 0.2) is 0 Å². The van der Waals surface area contributed by atoms with Crippen molar-refractivity contribution in [3.63, 3.8) is 0 Å². The van der Waals surface area contributed by atoms with Crippen LogP contribution in [-0.2, 0) is 10.8 Å². The van der Waals surface area contributed by atoms with Gasteiger partial charge in [0.05, 0.1) is 5.56 Å². The molecule has 0 aliphatic heterocycles. The fourth-order valence-corrected chi connectivity index (χ4v) is 1.74. The first-order chi connectivity index (χ1) is 6.00. The van der Waals surface area contributed by atoms with Crippen LogP contribution in [-0.4, -0.2) is 21.5 Å². The van der Waals surface area contributed by atoms with Gasteiger partial charge in [-0.25, -0.2) is 4.79 Å². The molecule has 0 aromatic heterocycles. The second kappa shape index (κ2) is 3.89. The van der Waals surface area contributed by atoms with Gasteiger partial charge in [0.2, 0.25) is 0 Å². The summed E-state index contributed by atoms with van der Waals surface area (Å²) in [5.41, 5.74) is 0.0534. The first kappa shape index (κ1) is 10.2. The second-order valence-electron chi connectivity index (χ2n) is 2.43. The van der Waals surface area contributed by atoms with Crippen LogP contribution >= 0.6 is 11.6 Å². The molecule has 0 aliphatic carbocycles. The maximum absolute atomic E-state index is 11.0. The van der Waals surface area contributed by atoms with Crippen molar-refractivity contribution in [2.45, 2.75) is 4.90 Å². The predicted molar refractivity (Wildman–Crippen MR) is 50.7 cm³/mol. The lowest BCUT2D eigenvalue weighted by Crippen LogP contribution is -1.98. The molecular weight excluding hydrogens is 212 g/mol. The van der Waals surface area contributed by atoms with E-state index in [2.05, 4.69) is 0 Å². The third-order valence-electron chi connectivity index (χ3n) is 1.45. The number of carboxylic acids is 1. The first-order valence-electron chi connectivity index (χ1n) is 3.38. The number of hydrogen-bond acceptors (Lipinski definition) is 2. The molecule has 0 aliphatic rings. The van der Waals surface area contributed by atoms with Crippen molar-refractivity contribution in [1.82, 2.24) is 0 Å². The highest BCUT2D eigenvalue weighted by Gasteiger charge is 2.07. The van der Waals surface area contributed by atoms with E-state index >= 15 is 0 Å². The number of benzene rings is 1. The summed E-state index contributed by atoms with van der Waals surface area (Å²) in [4.78, 5) is 11.0. The Labute approximate surface area is 82.8 Å². The fourth-order valence-electron chi connectivity index (χ4n) is 0.852. The minimum Gasteiger partial charge on any atom is -0.478 e. The maximum Gasteiger partial charge on any atom is 0.335 e. The zero-order valence-electron chi connectivity index (χ0n) is 6.78. The number of carbonyl (C=O) groups is 1. The van der Waals surface area contributed by atoms with Crippen LogP contribution in [0.1, 0.15) is 10.4 Å². The van der Waals surface area contributed by atoms with Gasteiger partial charge in [-0.1, -0.05) is 11.6 Å². The molecule has 0 saturated heterocycles. The molecule has 1 N–H and O–H groups in total. The Hall–Kier alpha value is -0.870. The molecule has 1 aromatic rings. The van der Waals surface area contributed by atoms with Crippen molar-refractivity contribution in [3.05, 3.63) is 28.8 Å². The van der Waals surface area contributed by atoms with E-state index in [1.807, 2.05) is 0 Å². The summed E-state index contributed by atoms with van der Waals surface area (Å²) in [6.45, 7) is 0. The number of halogens is 1. The largest absolute Gasteiger partial charge is 0.478 e. The van der Waals surface area contributed by atoms with Gasteiger partial charge in [0.25, 0.3) is 0 Å². The Morgan fingerprint density at radius 2 is 2.08 bits per heavy atom. The van der Waals surface area contributed by atoms with Crippen molar-refractivity contribution in [2.75, 3.05) is 6.26 Å². The molecule has 0 heterocycles. The Morgan fingerprint density at radius 3 is 2.54 bits per heavy atom. The Kier molecular flexibility index (Phi) is 3.06. The molecule has 1 atom stereocenters. The highest BCUT2D eigenvalue weighted by Crippen LogP contribution is 2.17. The van der Waals surface area contributed by atoms with Gasteiger partial charge in [-0.2, -0.15) is 0 Å². The monoisotopic (exact) mass is 218 g/mol. The van der Waals surface area contributed by atoms with Crippen molar-refractivity contribution < 1.29 is 14.1 Å². The summed E-state index contributed by atoms with van der Waals surface area (Å²) in [5.74, 6) is -1.07. The minimum absolute atomic E-state index is 0.0534. The molecule has 3 nitrogen and oxygen atoms in total. The van der Waals surface area contributed by atoms with Gasteiger partial charge in [-0.3, -0.25) is 4.21 Å². The van der Waals surface area contributed by atoms with Crippen LogP contribution in [0.3, 0.4) is 0 Å². The number of hydrogen-bond donors (Lipinski definition) is 1. The van der Waals surface area contributed by atoms with Gasteiger partial charge in [0, 0.05) is 27.0 Å². The summed E-state index contributed by atoms with van der Waals surface area (Å²) in [7, 11) is -1.21. The predicted octanol–water partition coefficient (Wildman–Crippen LogP) is 1.78. The summed E-state index contributed by atoms with van der Waals surface area (Å²) in [6.07, 6.45) is 1.47. The van der Waals surface area contributed by atoms with Gasteiger partial charge in [-0.05, 0) is 18.2 Å². The Morgan fingerprint density at radius 1 is 1.46 bits per heavy atom. The molecule has 70 valence electrons. The van der Waals surface area contributed by atoms with Crippen LogP contribution < -0.4 is 0 Å². The summed E-state index contributed by atoms with van der Waals surface area (Å²) >= 11 is 5.64. The van der Waals surface area contributed by atoms with Gasteiger partial charge >= 0.3 is 5.97 Å². The summed E-state index contributed by atoms with van der Waals surface area (Å²) in [5, 5.41) is 8.94. The zero-order valence-corrected chi connectivity index (χ0v) is 8.35. The molecule has 0 amide bonds. The first-order valence-corrected chi connectivity index (χ1v) is 5.31. The van der Waals surface area contributed by atoms with E-state index < -0.39 is 16.8 Å². The Bertz CT molecular complexity index is 343. The van der Waals surface area contributed by atoms with Crippen LogP contribution in [0.25, 0.3) is 0 Å². The van der Waals surface area contributed by atoms with Crippen LogP contribution in [0.2, 0.25) is 5.02 Å². The van der Waals surface area contributed by atoms with Crippen molar-refractivity contribution in [2.24, 2.45) is 0 Å². The third kappa shape index (κ3) is 2.54. The van der Waals surface area contributed by atoms with Crippen LogP contribution in [0.15, 0.2) is 23.1 Å². The SMILES string of the molecule is CS(=O)c1cc(Cl)cc(C(=O)O)c1. The van der Waals surface area contributed by atoms with E-state index in [1.165, 1.54) is 24.5 Å². The normalized spacial score (nSPS) is 12.5. The van der Waals surface area contributed by atoms with E-state index in [0.29, 0.717) is 4.90 Å². The minimum atomic E-state index is -1.21. The van der Waals surface area contributed by atoms with Gasteiger partial charge < -0.3 is 5.11 Å². The molecule has 5 heteroatoms. The lowest BCUT2D eigenvalue weighted by atomic mass is 10.2. The molecular formula is C8H7ClO3S. The van der Waals surface area contributed by atoms with Crippen LogP contribution in [0.4, 0.5) is 0 Å². The van der Waals surface area contributed by atoms with E-state index in [1.54, 1.807) is 0 Å². The van der Waals surface area contributed by atoms with Crippen molar-refractivity contribution >= 4 is 28.4 Å². The smallest absolute Gasteiger partial charge is 0.335 e. The number of rotatable bonds is 2. The topological polar surface area (TPSA) is 54.4 Å². The fraction of sp³-hybridized carbons (Fsp3) is 0.125. The van der Waals surface area contributed by atoms with E-state index in [9.17, 15) is 9.00 Å². The molecule has 0 bridgehead atoms. The highest BCUT2D eigenvalue weighted by atomic mass is 35.5. The quantitative estimate of drug-likeness (QED) is 0.823. The third-order valence-corrected chi connectivity index (χ3v) is 2.57. The highest BCUT2D eigenvalue weighted by molar-refractivity contribution is 7.84. The van der Waals surface area contributed by atoms with E-state index in [-0.39, 0.29) is 10.6 Å². The molecule has 13 heavy (non-hydrogen) atoms. The van der Waals surface area contributed by atoms with Gasteiger partial charge in [-0.15, -0.1) is 0 Å². The van der Waals surface area contributed by atoms with Crippen molar-refractivity contribution in [3.8, 4) is 0 Å². The average molecular weight is 219 g/mol. The Balaban J connectivity index is 3.26. The van der Waals surface area contributed by atoms with Crippen LogP contribution in [0, 0.1) is 0 Å². The lowest BCUT2D eigenvalue weighted by Gasteiger charge is -2.00. The zero-order chi connectivity index (χ0) is 10.0. The molecule has 0 radical (unpaired) electrons. The van der Waals surface area contributed by atoms with E-state index in [4.69, 9.17) is 16.7 Å². The molecule has 1 aromatic carbocycles. The van der Waals surface area contributed by atoms with E-state index in [0.717, 1.165) is 0 Å². The second-order valence-corrected chi connectivity index (χ2v) is 4.25. The summed E-state index contributed by atoms with van der Waals surface area (Å²) in [6, 6.07) is 4.16. The summed E-state index contributed by atoms with van der Waals surface area (Å²) < 4.78 is 11.0. The molecule has 1 unspecified atom stereocenters. The molecule has 0 spiro atoms. The molecule has 1 rings (SSSR count). The molecule has 0 fully saturated rings. The number of carboxylic acid groups (broad SMARTS) is 1. The maximum atomic E-state index is 11.0.